The minimum atomic E-state index is -0.0175. The van der Waals surface area contributed by atoms with E-state index in [4.69, 9.17) is 9.47 Å². The average Bonchev–Trinajstić information content (AvgIpc) is 2.84. The van der Waals surface area contributed by atoms with E-state index < -0.39 is 0 Å². The van der Waals surface area contributed by atoms with Crippen LogP contribution < -0.4 is 4.74 Å². The largest absolute Gasteiger partial charge is 0.497 e. The SMILES string of the molecule is COc1ccc([C@H]2O[C@@H](c3ccccc3)[C@H](C)N2C)cc1. The molecule has 3 nitrogen and oxygen atoms in total. The van der Waals surface area contributed by atoms with Crippen LogP contribution in [0.4, 0.5) is 0 Å². The van der Waals surface area contributed by atoms with Gasteiger partial charge in [0.25, 0.3) is 0 Å². The Balaban J connectivity index is 1.84. The van der Waals surface area contributed by atoms with Gasteiger partial charge in [-0.15, -0.1) is 0 Å². The van der Waals surface area contributed by atoms with Gasteiger partial charge in [0.1, 0.15) is 18.1 Å². The summed E-state index contributed by atoms with van der Waals surface area (Å²) in [5.41, 5.74) is 2.39. The molecule has 1 fully saturated rings. The third-order valence-electron chi connectivity index (χ3n) is 4.26. The van der Waals surface area contributed by atoms with Crippen LogP contribution in [-0.4, -0.2) is 25.1 Å². The van der Waals surface area contributed by atoms with Crippen LogP contribution in [-0.2, 0) is 4.74 Å². The third-order valence-corrected chi connectivity index (χ3v) is 4.26. The van der Waals surface area contributed by atoms with E-state index in [2.05, 4.69) is 55.3 Å². The molecule has 0 aromatic heterocycles. The lowest BCUT2D eigenvalue weighted by molar-refractivity contribution is 0.00558. The highest BCUT2D eigenvalue weighted by Crippen LogP contribution is 2.41. The molecule has 0 saturated carbocycles. The van der Waals surface area contributed by atoms with Crippen molar-refractivity contribution in [2.24, 2.45) is 0 Å². The highest BCUT2D eigenvalue weighted by Gasteiger charge is 2.38. The standard InChI is InChI=1S/C18H21NO2/c1-13-17(14-7-5-4-6-8-14)21-18(19(13)2)15-9-11-16(20-3)12-10-15/h4-13,17-18H,1-3H3/t13-,17+,18+/m0/s1. The lowest BCUT2D eigenvalue weighted by Gasteiger charge is -2.21. The van der Waals surface area contributed by atoms with Gasteiger partial charge in [0, 0.05) is 6.04 Å². The van der Waals surface area contributed by atoms with Crippen molar-refractivity contribution in [2.75, 3.05) is 14.2 Å². The summed E-state index contributed by atoms with van der Waals surface area (Å²) < 4.78 is 11.5. The molecule has 1 heterocycles. The smallest absolute Gasteiger partial charge is 0.137 e. The van der Waals surface area contributed by atoms with Crippen LogP contribution in [0.2, 0.25) is 0 Å². The molecule has 0 aliphatic carbocycles. The van der Waals surface area contributed by atoms with E-state index in [0.29, 0.717) is 6.04 Å². The van der Waals surface area contributed by atoms with Crippen LogP contribution in [0, 0.1) is 0 Å². The fraction of sp³-hybridized carbons (Fsp3) is 0.333. The molecule has 3 atom stereocenters. The molecule has 1 saturated heterocycles. The van der Waals surface area contributed by atoms with E-state index in [1.807, 2.05) is 18.2 Å². The molecule has 0 bridgehead atoms. The van der Waals surface area contributed by atoms with Crippen molar-refractivity contribution in [1.82, 2.24) is 4.90 Å². The maximum absolute atomic E-state index is 6.32. The lowest BCUT2D eigenvalue weighted by Crippen LogP contribution is -2.27. The first kappa shape index (κ1) is 14.1. The van der Waals surface area contributed by atoms with E-state index in [0.717, 1.165) is 11.3 Å². The third kappa shape index (κ3) is 2.67. The molecule has 0 unspecified atom stereocenters. The summed E-state index contributed by atoms with van der Waals surface area (Å²) in [5.74, 6) is 0.868. The van der Waals surface area contributed by atoms with Gasteiger partial charge in [-0.25, -0.2) is 0 Å². The van der Waals surface area contributed by atoms with Gasteiger partial charge in [0.05, 0.1) is 7.11 Å². The number of hydrogen-bond acceptors (Lipinski definition) is 3. The fourth-order valence-electron chi connectivity index (χ4n) is 2.86. The predicted molar refractivity (Wildman–Crippen MR) is 83.2 cm³/mol. The summed E-state index contributed by atoms with van der Waals surface area (Å²) in [6.07, 6.45) is 0.0828. The summed E-state index contributed by atoms with van der Waals surface area (Å²) >= 11 is 0. The van der Waals surface area contributed by atoms with Gasteiger partial charge in [-0.05, 0) is 37.2 Å². The molecule has 0 N–H and O–H groups in total. The summed E-state index contributed by atoms with van der Waals surface area (Å²) in [4.78, 5) is 2.28. The minimum Gasteiger partial charge on any atom is -0.497 e. The molecule has 0 spiro atoms. The van der Waals surface area contributed by atoms with Crippen LogP contribution in [0.1, 0.15) is 30.4 Å². The Morgan fingerprint density at radius 2 is 1.62 bits per heavy atom. The second-order valence-electron chi connectivity index (χ2n) is 5.50. The van der Waals surface area contributed by atoms with Crippen LogP contribution in [0.3, 0.4) is 0 Å². The molecular formula is C18H21NO2. The van der Waals surface area contributed by atoms with Crippen LogP contribution >= 0.6 is 0 Å². The van der Waals surface area contributed by atoms with Gasteiger partial charge in [0.2, 0.25) is 0 Å². The molecule has 1 aliphatic heterocycles. The second kappa shape index (κ2) is 5.88. The Kier molecular flexibility index (Phi) is 3.95. The summed E-state index contributed by atoms with van der Waals surface area (Å²) in [6, 6.07) is 18.8. The molecule has 3 heteroatoms. The Hall–Kier alpha value is -1.84. The Morgan fingerprint density at radius 3 is 2.24 bits per heavy atom. The van der Waals surface area contributed by atoms with E-state index in [9.17, 15) is 0 Å². The van der Waals surface area contributed by atoms with E-state index >= 15 is 0 Å². The number of rotatable bonds is 3. The van der Waals surface area contributed by atoms with Gasteiger partial charge in [-0.3, -0.25) is 4.90 Å². The van der Waals surface area contributed by atoms with Crippen molar-refractivity contribution in [3.05, 3.63) is 65.7 Å². The summed E-state index contributed by atoms with van der Waals surface area (Å²) in [6.45, 7) is 2.21. The topological polar surface area (TPSA) is 21.7 Å². The summed E-state index contributed by atoms with van der Waals surface area (Å²) in [7, 11) is 3.79. The van der Waals surface area contributed by atoms with Crippen molar-refractivity contribution < 1.29 is 9.47 Å². The highest BCUT2D eigenvalue weighted by molar-refractivity contribution is 5.29. The Morgan fingerprint density at radius 1 is 0.952 bits per heavy atom. The molecule has 110 valence electrons. The Labute approximate surface area is 126 Å². The average molecular weight is 283 g/mol. The molecule has 2 aromatic rings. The fourth-order valence-corrected chi connectivity index (χ4v) is 2.86. The van der Waals surface area contributed by atoms with Crippen molar-refractivity contribution >= 4 is 0 Å². The molecule has 0 radical (unpaired) electrons. The van der Waals surface area contributed by atoms with Gasteiger partial charge in [-0.2, -0.15) is 0 Å². The van der Waals surface area contributed by atoms with Crippen LogP contribution in [0.15, 0.2) is 54.6 Å². The first-order valence-corrected chi connectivity index (χ1v) is 7.27. The molecule has 1 aliphatic rings. The molecule has 3 rings (SSSR count). The van der Waals surface area contributed by atoms with Gasteiger partial charge in [0.15, 0.2) is 0 Å². The van der Waals surface area contributed by atoms with E-state index in [-0.39, 0.29) is 12.3 Å². The summed E-state index contributed by atoms with van der Waals surface area (Å²) in [5, 5.41) is 0. The number of hydrogen-bond donors (Lipinski definition) is 0. The predicted octanol–water partition coefficient (Wildman–Crippen LogP) is 3.79. The first-order chi connectivity index (χ1) is 10.2. The second-order valence-corrected chi connectivity index (χ2v) is 5.50. The number of likely N-dealkylation sites (N-methyl/N-ethyl adjacent to an activating group) is 1. The minimum absolute atomic E-state index is 0.0175. The number of ether oxygens (including phenoxy) is 2. The highest BCUT2D eigenvalue weighted by atomic mass is 16.5. The van der Waals surface area contributed by atoms with E-state index in [1.165, 1.54) is 5.56 Å². The maximum atomic E-state index is 6.32. The molecule has 2 aromatic carbocycles. The van der Waals surface area contributed by atoms with Crippen LogP contribution in [0.25, 0.3) is 0 Å². The number of nitrogens with zero attached hydrogens (tertiary/aromatic N) is 1. The van der Waals surface area contributed by atoms with Gasteiger partial charge < -0.3 is 9.47 Å². The lowest BCUT2D eigenvalue weighted by atomic mass is 10.0. The zero-order chi connectivity index (χ0) is 14.8. The molecular weight excluding hydrogens is 262 g/mol. The first-order valence-electron chi connectivity index (χ1n) is 7.27. The van der Waals surface area contributed by atoms with Gasteiger partial charge in [-0.1, -0.05) is 42.5 Å². The number of benzene rings is 2. The number of methoxy groups -OCH3 is 1. The Bertz CT molecular complexity index is 582. The maximum Gasteiger partial charge on any atom is 0.137 e. The zero-order valence-corrected chi connectivity index (χ0v) is 12.7. The van der Waals surface area contributed by atoms with Gasteiger partial charge >= 0.3 is 0 Å². The van der Waals surface area contributed by atoms with Crippen LogP contribution in [0.5, 0.6) is 5.75 Å². The zero-order valence-electron chi connectivity index (χ0n) is 12.7. The van der Waals surface area contributed by atoms with Crippen molar-refractivity contribution in [3.8, 4) is 5.75 Å². The van der Waals surface area contributed by atoms with Crippen molar-refractivity contribution in [1.29, 1.82) is 0 Å². The molecule has 21 heavy (non-hydrogen) atoms. The monoisotopic (exact) mass is 283 g/mol. The van der Waals surface area contributed by atoms with Crippen molar-refractivity contribution in [3.63, 3.8) is 0 Å². The van der Waals surface area contributed by atoms with E-state index in [1.54, 1.807) is 7.11 Å². The van der Waals surface area contributed by atoms with Crippen molar-refractivity contribution in [2.45, 2.75) is 25.3 Å². The quantitative estimate of drug-likeness (QED) is 0.855. The molecule has 0 amide bonds. The normalized spacial score (nSPS) is 26.0.